The quantitative estimate of drug-likeness (QED) is 0.776. The van der Waals surface area contributed by atoms with Gasteiger partial charge in [0.2, 0.25) is 10.0 Å². The standard InChI is InChI=1S/C8H12N2O2S/c1-6-4-7(2)8(9-5-6)10-13(3,11)12/h4-5H,1-3H3,(H,9,10). The molecule has 0 radical (unpaired) electrons. The lowest BCUT2D eigenvalue weighted by molar-refractivity contribution is 0.606. The molecule has 0 saturated carbocycles. The zero-order chi connectivity index (χ0) is 10.1. The third-order valence-electron chi connectivity index (χ3n) is 1.50. The number of hydrogen-bond acceptors (Lipinski definition) is 3. The van der Waals surface area contributed by atoms with Crippen molar-refractivity contribution in [2.75, 3.05) is 11.0 Å². The summed E-state index contributed by atoms with van der Waals surface area (Å²) in [5.74, 6) is 0.396. The Kier molecular flexibility index (Phi) is 2.56. The van der Waals surface area contributed by atoms with E-state index in [4.69, 9.17) is 0 Å². The Balaban J connectivity index is 3.04. The maximum absolute atomic E-state index is 10.9. The van der Waals surface area contributed by atoms with E-state index in [0.29, 0.717) is 5.82 Å². The van der Waals surface area contributed by atoms with E-state index in [0.717, 1.165) is 17.4 Å². The molecule has 13 heavy (non-hydrogen) atoms. The number of pyridine rings is 1. The van der Waals surface area contributed by atoms with Crippen LogP contribution in [0.15, 0.2) is 12.3 Å². The number of anilines is 1. The molecule has 0 saturated heterocycles. The van der Waals surface area contributed by atoms with Crippen LogP contribution in [-0.2, 0) is 10.0 Å². The molecule has 0 fully saturated rings. The van der Waals surface area contributed by atoms with Crippen molar-refractivity contribution in [3.8, 4) is 0 Å². The van der Waals surface area contributed by atoms with Crippen LogP contribution in [0.1, 0.15) is 11.1 Å². The van der Waals surface area contributed by atoms with Crippen LogP contribution in [0.2, 0.25) is 0 Å². The van der Waals surface area contributed by atoms with Gasteiger partial charge in [0, 0.05) is 6.20 Å². The number of sulfonamides is 1. The van der Waals surface area contributed by atoms with E-state index in [9.17, 15) is 8.42 Å². The highest BCUT2D eigenvalue weighted by molar-refractivity contribution is 7.92. The fourth-order valence-corrected chi connectivity index (χ4v) is 1.56. The molecule has 0 unspecified atom stereocenters. The van der Waals surface area contributed by atoms with Gasteiger partial charge in [-0.25, -0.2) is 13.4 Å². The minimum atomic E-state index is -3.23. The first-order valence-corrected chi connectivity index (χ1v) is 5.68. The molecule has 72 valence electrons. The average Bonchev–Trinajstić information content (AvgIpc) is 1.93. The number of hydrogen-bond donors (Lipinski definition) is 1. The molecule has 0 amide bonds. The minimum absolute atomic E-state index is 0.396. The first kappa shape index (κ1) is 9.98. The third kappa shape index (κ3) is 3.02. The Morgan fingerprint density at radius 3 is 2.46 bits per heavy atom. The van der Waals surface area contributed by atoms with E-state index in [1.54, 1.807) is 6.20 Å². The van der Waals surface area contributed by atoms with Crippen LogP contribution in [-0.4, -0.2) is 19.7 Å². The molecule has 1 rings (SSSR count). The number of nitrogens with one attached hydrogen (secondary N) is 1. The largest absolute Gasteiger partial charge is 0.267 e. The third-order valence-corrected chi connectivity index (χ3v) is 2.06. The predicted molar refractivity (Wildman–Crippen MR) is 52.2 cm³/mol. The van der Waals surface area contributed by atoms with Crippen molar-refractivity contribution in [1.29, 1.82) is 0 Å². The van der Waals surface area contributed by atoms with Gasteiger partial charge >= 0.3 is 0 Å². The summed E-state index contributed by atoms with van der Waals surface area (Å²) in [6.07, 6.45) is 2.73. The molecule has 1 aromatic rings. The van der Waals surface area contributed by atoms with Gasteiger partial charge in [-0.15, -0.1) is 0 Å². The van der Waals surface area contributed by atoms with Crippen LogP contribution in [0, 0.1) is 13.8 Å². The summed E-state index contributed by atoms with van der Waals surface area (Å²) in [7, 11) is -3.23. The second-order valence-corrected chi connectivity index (χ2v) is 4.80. The number of nitrogens with zero attached hydrogens (tertiary/aromatic N) is 1. The first-order chi connectivity index (χ1) is 5.88. The van der Waals surface area contributed by atoms with Gasteiger partial charge in [0.05, 0.1) is 6.26 Å². The summed E-state index contributed by atoms with van der Waals surface area (Å²) in [6, 6.07) is 1.88. The number of aromatic nitrogens is 1. The van der Waals surface area contributed by atoms with Crippen molar-refractivity contribution in [2.45, 2.75) is 13.8 Å². The van der Waals surface area contributed by atoms with E-state index in [1.807, 2.05) is 19.9 Å². The van der Waals surface area contributed by atoms with Gasteiger partial charge < -0.3 is 0 Å². The Bertz CT molecular complexity index is 412. The van der Waals surface area contributed by atoms with Gasteiger partial charge in [-0.3, -0.25) is 4.72 Å². The second-order valence-electron chi connectivity index (χ2n) is 3.05. The molecule has 1 N–H and O–H groups in total. The van der Waals surface area contributed by atoms with Crippen LogP contribution in [0.3, 0.4) is 0 Å². The first-order valence-electron chi connectivity index (χ1n) is 3.79. The lowest BCUT2D eigenvalue weighted by atomic mass is 10.2. The van der Waals surface area contributed by atoms with E-state index >= 15 is 0 Å². The highest BCUT2D eigenvalue weighted by Crippen LogP contribution is 2.12. The summed E-state index contributed by atoms with van der Waals surface area (Å²) in [5.41, 5.74) is 1.84. The lowest BCUT2D eigenvalue weighted by Crippen LogP contribution is -2.11. The minimum Gasteiger partial charge on any atom is -0.267 e. The Morgan fingerprint density at radius 2 is 2.00 bits per heavy atom. The second kappa shape index (κ2) is 3.33. The average molecular weight is 200 g/mol. The number of aryl methyl sites for hydroxylation is 2. The van der Waals surface area contributed by atoms with Crippen molar-refractivity contribution in [3.63, 3.8) is 0 Å². The van der Waals surface area contributed by atoms with Crippen LogP contribution in [0.4, 0.5) is 5.82 Å². The van der Waals surface area contributed by atoms with Gasteiger partial charge in [0.1, 0.15) is 5.82 Å². The Labute approximate surface area is 78.1 Å². The molecule has 0 aliphatic carbocycles. The van der Waals surface area contributed by atoms with E-state index in [2.05, 4.69) is 9.71 Å². The van der Waals surface area contributed by atoms with Crippen molar-refractivity contribution < 1.29 is 8.42 Å². The maximum Gasteiger partial charge on any atom is 0.230 e. The van der Waals surface area contributed by atoms with Crippen molar-refractivity contribution in [2.24, 2.45) is 0 Å². The summed E-state index contributed by atoms with van der Waals surface area (Å²) in [4.78, 5) is 3.97. The molecule has 0 aromatic carbocycles. The fraction of sp³-hybridized carbons (Fsp3) is 0.375. The molecule has 1 aromatic heterocycles. The maximum atomic E-state index is 10.9. The molecule has 0 bridgehead atoms. The van der Waals surface area contributed by atoms with E-state index < -0.39 is 10.0 Å². The van der Waals surface area contributed by atoms with Crippen LogP contribution < -0.4 is 4.72 Å². The lowest BCUT2D eigenvalue weighted by Gasteiger charge is -2.06. The van der Waals surface area contributed by atoms with Crippen LogP contribution in [0.5, 0.6) is 0 Å². The molecule has 4 nitrogen and oxygen atoms in total. The predicted octanol–water partition coefficient (Wildman–Crippen LogP) is 1.07. The monoisotopic (exact) mass is 200 g/mol. The molecule has 5 heteroatoms. The van der Waals surface area contributed by atoms with Gasteiger partial charge in [0.15, 0.2) is 0 Å². The van der Waals surface area contributed by atoms with Crippen LogP contribution >= 0.6 is 0 Å². The summed E-state index contributed by atoms with van der Waals surface area (Å²) < 4.78 is 24.1. The van der Waals surface area contributed by atoms with E-state index in [-0.39, 0.29) is 0 Å². The van der Waals surface area contributed by atoms with Gasteiger partial charge in [0.25, 0.3) is 0 Å². The Hall–Kier alpha value is -1.10. The van der Waals surface area contributed by atoms with Crippen LogP contribution in [0.25, 0.3) is 0 Å². The summed E-state index contributed by atoms with van der Waals surface area (Å²) in [6.45, 7) is 3.72. The molecular formula is C8H12N2O2S. The highest BCUT2D eigenvalue weighted by Gasteiger charge is 2.05. The van der Waals surface area contributed by atoms with Crippen molar-refractivity contribution in [1.82, 2.24) is 4.98 Å². The number of rotatable bonds is 2. The highest BCUT2D eigenvalue weighted by atomic mass is 32.2. The molecule has 0 aliphatic heterocycles. The molecule has 1 heterocycles. The molecule has 0 spiro atoms. The summed E-state index contributed by atoms with van der Waals surface area (Å²) >= 11 is 0. The fourth-order valence-electron chi connectivity index (χ4n) is 0.998. The molecule has 0 aliphatic rings. The van der Waals surface area contributed by atoms with Crippen molar-refractivity contribution >= 4 is 15.8 Å². The zero-order valence-electron chi connectivity index (χ0n) is 7.83. The molecule has 0 atom stereocenters. The van der Waals surface area contributed by atoms with Gasteiger partial charge in [-0.1, -0.05) is 6.07 Å². The van der Waals surface area contributed by atoms with Gasteiger partial charge in [-0.2, -0.15) is 0 Å². The zero-order valence-corrected chi connectivity index (χ0v) is 8.64. The normalized spacial score (nSPS) is 11.3. The van der Waals surface area contributed by atoms with E-state index in [1.165, 1.54) is 0 Å². The smallest absolute Gasteiger partial charge is 0.230 e. The van der Waals surface area contributed by atoms with Gasteiger partial charge in [-0.05, 0) is 25.0 Å². The molecular weight excluding hydrogens is 188 g/mol. The summed E-state index contributed by atoms with van der Waals surface area (Å²) in [5, 5.41) is 0. The SMILES string of the molecule is Cc1cnc(NS(C)(=O)=O)c(C)c1. The Morgan fingerprint density at radius 1 is 1.38 bits per heavy atom. The topological polar surface area (TPSA) is 59.1 Å². The van der Waals surface area contributed by atoms with Crippen molar-refractivity contribution in [3.05, 3.63) is 23.4 Å².